The fraction of sp³-hybridized carbons (Fsp3) is 0.593. The number of ketones is 1. The number of allylic oxidation sites excluding steroid dienone is 3. The fourth-order valence-electron chi connectivity index (χ4n) is 7.60. The van der Waals surface area contributed by atoms with E-state index in [4.69, 9.17) is 14.2 Å². The second-order valence-electron chi connectivity index (χ2n) is 10.4. The molecule has 0 aromatic heterocycles. The minimum atomic E-state index is -0.378. The van der Waals surface area contributed by atoms with Crippen LogP contribution < -0.4 is 4.74 Å². The van der Waals surface area contributed by atoms with Crippen LogP contribution in [0.3, 0.4) is 0 Å². The Morgan fingerprint density at radius 3 is 2.61 bits per heavy atom. The number of carbonyl (C=O) groups is 1. The van der Waals surface area contributed by atoms with E-state index in [9.17, 15) is 4.79 Å². The first-order valence-electron chi connectivity index (χ1n) is 11.9. The van der Waals surface area contributed by atoms with E-state index in [1.807, 2.05) is 6.08 Å². The lowest BCUT2D eigenvalue weighted by molar-refractivity contribution is -0.176. The highest BCUT2D eigenvalue weighted by Gasteiger charge is 2.58. The van der Waals surface area contributed by atoms with Crippen molar-refractivity contribution in [2.75, 3.05) is 20.3 Å². The van der Waals surface area contributed by atoms with E-state index in [1.54, 1.807) is 7.11 Å². The summed E-state index contributed by atoms with van der Waals surface area (Å²) in [6, 6.07) is 8.59. The molecule has 3 fully saturated rings. The number of carbonyl (C=O) groups excluding carboxylic acids is 1. The Morgan fingerprint density at radius 1 is 1.10 bits per heavy atom. The first-order valence-corrected chi connectivity index (χ1v) is 11.9. The number of ether oxygens (including phenoxy) is 3. The van der Waals surface area contributed by atoms with Crippen molar-refractivity contribution in [1.29, 1.82) is 0 Å². The van der Waals surface area contributed by atoms with Crippen LogP contribution in [0, 0.1) is 29.1 Å². The zero-order chi connectivity index (χ0) is 21.2. The molecule has 0 radical (unpaired) electrons. The van der Waals surface area contributed by atoms with E-state index in [0.29, 0.717) is 48.6 Å². The lowest BCUT2D eigenvalue weighted by Crippen LogP contribution is -2.51. The Balaban J connectivity index is 1.39. The van der Waals surface area contributed by atoms with E-state index >= 15 is 0 Å². The molecule has 1 aromatic rings. The highest BCUT2D eigenvalue weighted by Crippen LogP contribution is 2.63. The van der Waals surface area contributed by atoms with E-state index in [-0.39, 0.29) is 11.2 Å². The third-order valence-electron chi connectivity index (χ3n) is 9.08. The molecule has 0 bridgehead atoms. The van der Waals surface area contributed by atoms with Gasteiger partial charge in [-0.2, -0.15) is 0 Å². The van der Waals surface area contributed by atoms with Gasteiger partial charge in [-0.3, -0.25) is 4.79 Å². The van der Waals surface area contributed by atoms with Gasteiger partial charge in [-0.25, -0.2) is 0 Å². The molecule has 6 rings (SSSR count). The van der Waals surface area contributed by atoms with Gasteiger partial charge in [-0.15, -0.1) is 0 Å². The summed E-state index contributed by atoms with van der Waals surface area (Å²) in [5.41, 5.74) is 2.61. The molecule has 1 heterocycles. The third kappa shape index (κ3) is 2.91. The fourth-order valence-corrected chi connectivity index (χ4v) is 7.60. The molecular weight excluding hydrogens is 388 g/mol. The second kappa shape index (κ2) is 7.05. The Morgan fingerprint density at radius 2 is 1.87 bits per heavy atom. The Bertz CT molecular complexity index is 938. The number of methoxy groups -OCH3 is 1. The molecule has 4 heteroatoms. The zero-order valence-corrected chi connectivity index (χ0v) is 18.5. The molecule has 1 aliphatic heterocycles. The van der Waals surface area contributed by atoms with Crippen molar-refractivity contribution in [3.05, 3.63) is 53.6 Å². The smallest absolute Gasteiger partial charge is 0.172 e. The summed E-state index contributed by atoms with van der Waals surface area (Å²) in [7, 11) is 1.71. The molecular formula is C27H32O4. The summed E-state index contributed by atoms with van der Waals surface area (Å²) in [5.74, 6) is 3.19. The van der Waals surface area contributed by atoms with Crippen LogP contribution in [0.5, 0.6) is 5.75 Å². The first-order chi connectivity index (χ1) is 15.0. The number of hydrogen-bond acceptors (Lipinski definition) is 4. The zero-order valence-electron chi connectivity index (χ0n) is 18.5. The van der Waals surface area contributed by atoms with Gasteiger partial charge in [0, 0.05) is 18.3 Å². The maximum atomic E-state index is 13.0. The van der Waals surface area contributed by atoms with Crippen LogP contribution in [-0.4, -0.2) is 31.9 Å². The van der Waals surface area contributed by atoms with Gasteiger partial charge in [0.05, 0.1) is 20.3 Å². The molecule has 0 unspecified atom stereocenters. The standard InChI is InChI=1S/C27H32O4/c1-26-16-22(17-3-6-19(29-2)7-4-17)25-20-11-12-27(30-13-14-31-27)15-18(20)5-8-21(25)23(26)9-10-24(26)28/h3-7,9-10,20-23,25H,8,11-16H2,1-2H3/t20-,21-,22+,23-,25+,26-/m0/s1. The molecule has 4 aliphatic carbocycles. The largest absolute Gasteiger partial charge is 0.497 e. The highest BCUT2D eigenvalue weighted by atomic mass is 16.7. The average Bonchev–Trinajstić information content (AvgIpc) is 3.37. The molecule has 1 aromatic carbocycles. The maximum absolute atomic E-state index is 13.0. The maximum Gasteiger partial charge on any atom is 0.172 e. The van der Waals surface area contributed by atoms with Crippen LogP contribution in [-0.2, 0) is 14.3 Å². The highest BCUT2D eigenvalue weighted by molar-refractivity contribution is 5.97. The summed E-state index contributed by atoms with van der Waals surface area (Å²) in [6.45, 7) is 3.64. The van der Waals surface area contributed by atoms with E-state index in [2.05, 4.69) is 43.3 Å². The molecule has 0 amide bonds. The normalized spacial score (nSPS) is 40.3. The summed E-state index contributed by atoms with van der Waals surface area (Å²) < 4.78 is 17.5. The van der Waals surface area contributed by atoms with Crippen LogP contribution in [0.4, 0.5) is 0 Å². The summed E-state index contributed by atoms with van der Waals surface area (Å²) in [6.07, 6.45) is 11.6. The minimum absolute atomic E-state index is 0.273. The molecule has 1 spiro atoms. The topological polar surface area (TPSA) is 44.8 Å². The van der Waals surface area contributed by atoms with Crippen molar-refractivity contribution in [3.8, 4) is 5.75 Å². The van der Waals surface area contributed by atoms with Crippen molar-refractivity contribution < 1.29 is 19.0 Å². The molecule has 5 aliphatic rings. The molecule has 4 nitrogen and oxygen atoms in total. The van der Waals surface area contributed by atoms with Crippen LogP contribution >= 0.6 is 0 Å². The monoisotopic (exact) mass is 420 g/mol. The Labute approximate surface area is 184 Å². The van der Waals surface area contributed by atoms with Crippen LogP contribution in [0.15, 0.2) is 48.1 Å². The van der Waals surface area contributed by atoms with Crippen LogP contribution in [0.25, 0.3) is 0 Å². The van der Waals surface area contributed by atoms with Gasteiger partial charge in [0.2, 0.25) is 0 Å². The number of hydrogen-bond donors (Lipinski definition) is 0. The van der Waals surface area contributed by atoms with Crippen molar-refractivity contribution in [2.24, 2.45) is 29.1 Å². The molecule has 6 atom stereocenters. The number of rotatable bonds is 2. The van der Waals surface area contributed by atoms with Gasteiger partial charge in [0.1, 0.15) is 5.75 Å². The van der Waals surface area contributed by atoms with Gasteiger partial charge in [0.15, 0.2) is 11.6 Å². The molecule has 0 N–H and O–H groups in total. The van der Waals surface area contributed by atoms with Gasteiger partial charge < -0.3 is 14.2 Å². The van der Waals surface area contributed by atoms with Crippen molar-refractivity contribution in [3.63, 3.8) is 0 Å². The lowest BCUT2D eigenvalue weighted by Gasteiger charge is -2.56. The van der Waals surface area contributed by atoms with E-state index < -0.39 is 0 Å². The van der Waals surface area contributed by atoms with Gasteiger partial charge in [-0.05, 0) is 72.6 Å². The Hall–Kier alpha value is -1.91. The van der Waals surface area contributed by atoms with Crippen molar-refractivity contribution in [1.82, 2.24) is 0 Å². The summed E-state index contributed by atoms with van der Waals surface area (Å²) >= 11 is 0. The van der Waals surface area contributed by atoms with Gasteiger partial charge in [-0.1, -0.05) is 36.8 Å². The lowest BCUT2D eigenvalue weighted by atomic mass is 9.48. The quantitative estimate of drug-likeness (QED) is 0.628. The third-order valence-corrected chi connectivity index (χ3v) is 9.08. The molecule has 2 saturated carbocycles. The van der Waals surface area contributed by atoms with E-state index in [1.165, 1.54) is 11.1 Å². The number of benzene rings is 1. The predicted molar refractivity (Wildman–Crippen MR) is 118 cm³/mol. The SMILES string of the molecule is COc1ccc([C@H]2C[C@]3(C)C(=O)C=C[C@H]3[C@@H]3CC=C4CC5(CC[C@@H]4[C@H]32)OCCO5)cc1. The van der Waals surface area contributed by atoms with Crippen molar-refractivity contribution >= 4 is 5.78 Å². The van der Waals surface area contributed by atoms with Gasteiger partial charge >= 0.3 is 0 Å². The van der Waals surface area contributed by atoms with Gasteiger partial charge in [0.25, 0.3) is 0 Å². The summed E-state index contributed by atoms with van der Waals surface area (Å²) in [5, 5.41) is 0. The minimum Gasteiger partial charge on any atom is -0.497 e. The van der Waals surface area contributed by atoms with Crippen molar-refractivity contribution in [2.45, 2.75) is 50.7 Å². The molecule has 164 valence electrons. The summed E-state index contributed by atoms with van der Waals surface area (Å²) in [4.78, 5) is 13.0. The van der Waals surface area contributed by atoms with E-state index in [0.717, 1.165) is 37.9 Å². The van der Waals surface area contributed by atoms with Crippen LogP contribution in [0.1, 0.15) is 50.5 Å². The number of fused-ring (bicyclic) bond motifs is 5. The Kier molecular flexibility index (Phi) is 4.49. The molecule has 31 heavy (non-hydrogen) atoms. The second-order valence-corrected chi connectivity index (χ2v) is 10.4. The predicted octanol–water partition coefficient (Wildman–Crippen LogP) is 5.05. The van der Waals surface area contributed by atoms with Crippen LogP contribution in [0.2, 0.25) is 0 Å². The molecule has 1 saturated heterocycles. The average molecular weight is 421 g/mol. The first kappa shape index (κ1) is 19.8.